The number of hydrogen-bond donors (Lipinski definition) is 1. The number of furan rings is 1. The minimum Gasteiger partial charge on any atom is -0.496 e. The quantitative estimate of drug-likeness (QED) is 0.374. The minimum atomic E-state index is -0.408. The summed E-state index contributed by atoms with van der Waals surface area (Å²) < 4.78 is 24.9. The third-order valence-electron chi connectivity index (χ3n) is 5.20. The predicted octanol–water partition coefficient (Wildman–Crippen LogP) is 6.60. The first kappa shape index (κ1) is 20.4. The summed E-state index contributed by atoms with van der Waals surface area (Å²) in [4.78, 5) is 12.5. The zero-order valence-corrected chi connectivity index (χ0v) is 17.5. The van der Waals surface area contributed by atoms with E-state index in [1.165, 1.54) is 18.2 Å². The molecule has 0 spiro atoms. The summed E-state index contributed by atoms with van der Waals surface area (Å²) in [5.41, 5.74) is 5.53. The average Bonchev–Trinajstić information content (AvgIpc) is 3.18. The molecule has 4 nitrogen and oxygen atoms in total. The smallest absolute Gasteiger partial charge is 0.248 e. The first-order valence-corrected chi connectivity index (χ1v) is 9.87. The molecule has 0 aliphatic rings. The molecule has 1 heterocycles. The number of hydrogen-bond acceptors (Lipinski definition) is 3. The van der Waals surface area contributed by atoms with Crippen molar-refractivity contribution in [3.8, 4) is 16.9 Å². The number of aryl methyl sites for hydroxylation is 1. The summed E-state index contributed by atoms with van der Waals surface area (Å²) in [5.74, 6) is -0.109. The van der Waals surface area contributed by atoms with Gasteiger partial charge in [-0.2, -0.15) is 0 Å². The van der Waals surface area contributed by atoms with Gasteiger partial charge in [-0.3, -0.25) is 4.79 Å². The molecule has 0 fully saturated rings. The first-order valence-electron chi connectivity index (χ1n) is 9.87. The Balaban J connectivity index is 1.76. The van der Waals surface area contributed by atoms with Crippen molar-refractivity contribution in [1.82, 2.24) is 0 Å². The molecule has 0 bridgehead atoms. The van der Waals surface area contributed by atoms with Crippen LogP contribution in [0, 0.1) is 12.7 Å². The number of amides is 1. The van der Waals surface area contributed by atoms with Crippen LogP contribution in [0.4, 0.5) is 10.1 Å². The second-order valence-corrected chi connectivity index (χ2v) is 7.30. The van der Waals surface area contributed by atoms with Gasteiger partial charge in [0.15, 0.2) is 0 Å². The number of carbonyl (C=O) groups is 1. The van der Waals surface area contributed by atoms with E-state index in [1.54, 1.807) is 25.5 Å². The van der Waals surface area contributed by atoms with Gasteiger partial charge in [-0.05, 0) is 49.2 Å². The van der Waals surface area contributed by atoms with E-state index in [0.717, 1.165) is 38.8 Å². The van der Waals surface area contributed by atoms with Crippen LogP contribution in [0.1, 0.15) is 18.1 Å². The highest BCUT2D eigenvalue weighted by Gasteiger charge is 2.18. The molecule has 156 valence electrons. The van der Waals surface area contributed by atoms with Gasteiger partial charge in [0.1, 0.15) is 17.1 Å². The van der Waals surface area contributed by atoms with Crippen molar-refractivity contribution in [2.75, 3.05) is 12.4 Å². The van der Waals surface area contributed by atoms with Crippen LogP contribution in [0.25, 0.3) is 27.7 Å². The highest BCUT2D eigenvalue weighted by molar-refractivity contribution is 6.05. The Kier molecular flexibility index (Phi) is 5.58. The van der Waals surface area contributed by atoms with Crippen molar-refractivity contribution in [2.24, 2.45) is 0 Å². The lowest BCUT2D eigenvalue weighted by atomic mass is 9.96. The number of methoxy groups -OCH3 is 1. The summed E-state index contributed by atoms with van der Waals surface area (Å²) in [7, 11) is 1.60. The fourth-order valence-electron chi connectivity index (χ4n) is 3.73. The number of benzene rings is 3. The van der Waals surface area contributed by atoms with Crippen LogP contribution >= 0.6 is 0 Å². The van der Waals surface area contributed by atoms with E-state index in [4.69, 9.17) is 9.15 Å². The Morgan fingerprint density at radius 3 is 2.58 bits per heavy atom. The lowest BCUT2D eigenvalue weighted by molar-refractivity contribution is -0.111. The lowest BCUT2D eigenvalue weighted by Gasteiger charge is -2.13. The maximum Gasteiger partial charge on any atom is 0.248 e. The molecule has 1 amide bonds. The molecule has 0 aliphatic carbocycles. The normalized spacial score (nSPS) is 11.5. The Bertz CT molecular complexity index is 1290. The zero-order chi connectivity index (χ0) is 22.0. The molecule has 1 N–H and O–H groups in total. The number of ether oxygens (including phenoxy) is 1. The maximum absolute atomic E-state index is 13.4. The first-order chi connectivity index (χ1) is 15.0. The van der Waals surface area contributed by atoms with Gasteiger partial charge in [0, 0.05) is 33.8 Å². The minimum absolute atomic E-state index is 0.349. The summed E-state index contributed by atoms with van der Waals surface area (Å²) in [6, 6.07) is 17.7. The largest absolute Gasteiger partial charge is 0.496 e. The summed E-state index contributed by atoms with van der Waals surface area (Å²) in [6.07, 6.45) is 3.22. The molecule has 0 radical (unpaired) electrons. The van der Waals surface area contributed by atoms with E-state index in [0.29, 0.717) is 11.4 Å². The van der Waals surface area contributed by atoms with Crippen LogP contribution in [0.15, 0.2) is 77.4 Å². The van der Waals surface area contributed by atoms with Crippen molar-refractivity contribution in [1.29, 1.82) is 0 Å². The predicted molar refractivity (Wildman–Crippen MR) is 122 cm³/mol. The van der Waals surface area contributed by atoms with E-state index in [1.807, 2.05) is 50.2 Å². The molecular formula is C26H22FNO3. The number of fused-ring (bicyclic) bond motifs is 1. The van der Waals surface area contributed by atoms with Crippen molar-refractivity contribution in [3.05, 3.63) is 89.9 Å². The second kappa shape index (κ2) is 8.48. The third-order valence-corrected chi connectivity index (χ3v) is 5.20. The molecule has 0 aliphatic heterocycles. The van der Waals surface area contributed by atoms with E-state index in [-0.39, 0.29) is 5.91 Å². The molecule has 0 unspecified atom stereocenters. The van der Waals surface area contributed by atoms with Gasteiger partial charge in [-0.15, -0.1) is 0 Å². The molecule has 0 atom stereocenters. The number of halogens is 1. The zero-order valence-electron chi connectivity index (χ0n) is 17.5. The fourth-order valence-corrected chi connectivity index (χ4v) is 3.73. The van der Waals surface area contributed by atoms with Gasteiger partial charge in [0.05, 0.1) is 13.4 Å². The standard InChI is InChI=1S/C26H22FNO3/c1-16(12-24(29)28-20-11-7-10-19(27)13-20)21-14-22-23(18-8-5-4-6-9-18)15-31-26(22)17(2)25(21)30-3/h4-15H,1-3H3,(H,28,29)/b16-12+. The Morgan fingerprint density at radius 2 is 1.87 bits per heavy atom. The van der Waals surface area contributed by atoms with E-state index >= 15 is 0 Å². The number of rotatable bonds is 5. The lowest BCUT2D eigenvalue weighted by Crippen LogP contribution is -2.09. The Morgan fingerprint density at radius 1 is 1.10 bits per heavy atom. The highest BCUT2D eigenvalue weighted by Crippen LogP contribution is 2.40. The molecular weight excluding hydrogens is 393 g/mol. The van der Waals surface area contributed by atoms with Gasteiger partial charge < -0.3 is 14.5 Å². The molecule has 3 aromatic carbocycles. The van der Waals surface area contributed by atoms with Crippen molar-refractivity contribution in [3.63, 3.8) is 0 Å². The fraction of sp³-hybridized carbons (Fsp3) is 0.115. The summed E-state index contributed by atoms with van der Waals surface area (Å²) in [5, 5.41) is 3.63. The van der Waals surface area contributed by atoms with Crippen LogP contribution in [0.5, 0.6) is 5.75 Å². The van der Waals surface area contributed by atoms with E-state index in [2.05, 4.69) is 5.32 Å². The van der Waals surface area contributed by atoms with Gasteiger partial charge in [0.25, 0.3) is 0 Å². The number of nitrogens with one attached hydrogen (secondary N) is 1. The molecule has 1 aromatic heterocycles. The van der Waals surface area contributed by atoms with Crippen LogP contribution in [0.2, 0.25) is 0 Å². The number of carbonyl (C=O) groups excluding carboxylic acids is 1. The van der Waals surface area contributed by atoms with Gasteiger partial charge in [-0.1, -0.05) is 36.4 Å². The maximum atomic E-state index is 13.4. The van der Waals surface area contributed by atoms with Crippen LogP contribution in [-0.2, 0) is 4.79 Å². The van der Waals surface area contributed by atoms with Crippen molar-refractivity contribution in [2.45, 2.75) is 13.8 Å². The SMILES string of the molecule is COc1c(/C(C)=C/C(=O)Nc2cccc(F)c2)cc2c(-c3ccccc3)coc2c1C. The molecule has 5 heteroatoms. The Hall–Kier alpha value is -3.86. The van der Waals surface area contributed by atoms with Gasteiger partial charge >= 0.3 is 0 Å². The van der Waals surface area contributed by atoms with Crippen LogP contribution < -0.4 is 10.1 Å². The molecule has 4 rings (SSSR count). The van der Waals surface area contributed by atoms with Gasteiger partial charge in [-0.25, -0.2) is 4.39 Å². The van der Waals surface area contributed by atoms with E-state index < -0.39 is 5.82 Å². The van der Waals surface area contributed by atoms with Crippen LogP contribution in [0.3, 0.4) is 0 Å². The molecule has 0 saturated heterocycles. The monoisotopic (exact) mass is 415 g/mol. The van der Waals surface area contributed by atoms with Crippen molar-refractivity contribution < 1.29 is 18.3 Å². The Labute approximate surface area is 180 Å². The van der Waals surface area contributed by atoms with Crippen molar-refractivity contribution >= 4 is 28.1 Å². The second-order valence-electron chi connectivity index (χ2n) is 7.30. The van der Waals surface area contributed by atoms with Crippen LogP contribution in [-0.4, -0.2) is 13.0 Å². The number of allylic oxidation sites excluding steroid dienone is 1. The van der Waals surface area contributed by atoms with Gasteiger partial charge in [0.2, 0.25) is 5.91 Å². The number of anilines is 1. The molecule has 4 aromatic rings. The third kappa shape index (κ3) is 4.08. The van der Waals surface area contributed by atoms with E-state index in [9.17, 15) is 9.18 Å². The topological polar surface area (TPSA) is 51.5 Å². The highest BCUT2D eigenvalue weighted by atomic mass is 19.1. The average molecular weight is 415 g/mol. The summed E-state index contributed by atoms with van der Waals surface area (Å²) in [6.45, 7) is 3.78. The molecule has 31 heavy (non-hydrogen) atoms. The summed E-state index contributed by atoms with van der Waals surface area (Å²) >= 11 is 0. The molecule has 0 saturated carbocycles.